The van der Waals surface area contributed by atoms with E-state index in [1.807, 2.05) is 0 Å². The average molecular weight is 241 g/mol. The van der Waals surface area contributed by atoms with Gasteiger partial charge in [0, 0.05) is 5.69 Å². The Bertz CT molecular complexity index is 419. The van der Waals surface area contributed by atoms with Crippen LogP contribution in [0.15, 0.2) is 12.1 Å². The average Bonchev–Trinajstić information content (AvgIpc) is 1.99. The molecule has 0 heterocycles. The van der Waals surface area contributed by atoms with Gasteiger partial charge in [-0.25, -0.2) is 0 Å². The quantitative estimate of drug-likeness (QED) is 0.466. The van der Waals surface area contributed by atoms with Crippen molar-refractivity contribution in [3.63, 3.8) is 0 Å². The lowest BCUT2D eigenvalue weighted by molar-refractivity contribution is -0.387. The third-order valence-electron chi connectivity index (χ3n) is 1.57. The first kappa shape index (κ1) is 11.6. The minimum atomic E-state index is -4.86. The molecule has 0 aliphatic rings. The van der Waals surface area contributed by atoms with E-state index in [2.05, 4.69) is 0 Å². The van der Waals surface area contributed by atoms with E-state index in [4.69, 9.17) is 17.3 Å². The second kappa shape index (κ2) is 3.58. The second-order valence-corrected chi connectivity index (χ2v) is 3.06. The summed E-state index contributed by atoms with van der Waals surface area (Å²) < 4.78 is 37.1. The van der Waals surface area contributed by atoms with Crippen molar-refractivity contribution in [2.45, 2.75) is 6.18 Å². The second-order valence-electron chi connectivity index (χ2n) is 2.65. The van der Waals surface area contributed by atoms with E-state index in [0.29, 0.717) is 6.07 Å². The summed E-state index contributed by atoms with van der Waals surface area (Å²) in [4.78, 5) is 9.19. The van der Waals surface area contributed by atoms with Crippen molar-refractivity contribution in [2.75, 3.05) is 5.73 Å². The van der Waals surface area contributed by atoms with E-state index >= 15 is 0 Å². The van der Waals surface area contributed by atoms with Gasteiger partial charge >= 0.3 is 6.18 Å². The number of halogens is 4. The zero-order chi connectivity index (χ0) is 11.8. The summed E-state index contributed by atoms with van der Waals surface area (Å²) in [5.74, 6) is 0. The van der Waals surface area contributed by atoms with E-state index in [0.717, 1.165) is 6.07 Å². The van der Waals surface area contributed by atoms with Crippen LogP contribution in [-0.4, -0.2) is 4.92 Å². The highest BCUT2D eigenvalue weighted by Crippen LogP contribution is 2.41. The normalized spacial score (nSPS) is 11.5. The lowest BCUT2D eigenvalue weighted by Crippen LogP contribution is -2.10. The van der Waals surface area contributed by atoms with Gasteiger partial charge in [-0.3, -0.25) is 10.1 Å². The number of rotatable bonds is 1. The minimum absolute atomic E-state index is 0.280. The van der Waals surface area contributed by atoms with Crippen LogP contribution in [0.5, 0.6) is 0 Å². The molecule has 1 rings (SSSR count). The fraction of sp³-hybridized carbons (Fsp3) is 0.143. The highest BCUT2D eigenvalue weighted by Gasteiger charge is 2.40. The molecule has 0 saturated heterocycles. The van der Waals surface area contributed by atoms with Crippen molar-refractivity contribution in [1.29, 1.82) is 0 Å². The Morgan fingerprint density at radius 3 is 2.33 bits per heavy atom. The van der Waals surface area contributed by atoms with Gasteiger partial charge in [-0.05, 0) is 12.1 Å². The molecule has 0 atom stereocenters. The number of hydrogen-bond acceptors (Lipinski definition) is 3. The fourth-order valence-electron chi connectivity index (χ4n) is 1.02. The maximum atomic E-state index is 12.4. The predicted octanol–water partition coefficient (Wildman–Crippen LogP) is 2.85. The van der Waals surface area contributed by atoms with E-state index in [9.17, 15) is 23.3 Å². The Balaban J connectivity index is 3.54. The van der Waals surface area contributed by atoms with Crippen LogP contribution in [0, 0.1) is 10.1 Å². The number of anilines is 1. The summed E-state index contributed by atoms with van der Waals surface area (Å²) in [6.07, 6.45) is -4.86. The van der Waals surface area contributed by atoms with Crippen LogP contribution in [0.1, 0.15) is 5.56 Å². The number of nitro groups is 1. The summed E-state index contributed by atoms with van der Waals surface area (Å²) >= 11 is 5.31. The number of benzene rings is 1. The number of nitrogens with two attached hydrogens (primary N) is 1. The summed E-state index contributed by atoms with van der Waals surface area (Å²) in [6, 6.07) is 1.37. The molecule has 0 spiro atoms. The molecule has 0 aliphatic carbocycles. The predicted molar refractivity (Wildman–Crippen MR) is 47.5 cm³/mol. The van der Waals surface area contributed by atoms with Crippen molar-refractivity contribution in [2.24, 2.45) is 0 Å². The molecule has 1 aromatic carbocycles. The van der Waals surface area contributed by atoms with Gasteiger partial charge in [0.1, 0.15) is 10.6 Å². The van der Waals surface area contributed by atoms with Crippen LogP contribution in [0.2, 0.25) is 5.02 Å². The van der Waals surface area contributed by atoms with Crippen molar-refractivity contribution in [3.05, 3.63) is 32.8 Å². The van der Waals surface area contributed by atoms with Crippen LogP contribution in [0.4, 0.5) is 24.5 Å². The molecule has 0 aliphatic heterocycles. The standard InChI is InChI=1S/C7H4ClF3N2O2/c8-5-2-3(12)1-4(7(9,10)11)6(5)13(14)15/h1-2H,12H2. The zero-order valence-electron chi connectivity index (χ0n) is 7.01. The molecule has 2 N–H and O–H groups in total. The molecule has 15 heavy (non-hydrogen) atoms. The van der Waals surface area contributed by atoms with Crippen molar-refractivity contribution in [3.8, 4) is 0 Å². The molecule has 0 amide bonds. The molecular weight excluding hydrogens is 237 g/mol. The van der Waals surface area contributed by atoms with E-state index in [1.54, 1.807) is 0 Å². The Morgan fingerprint density at radius 2 is 1.93 bits per heavy atom. The maximum absolute atomic E-state index is 12.4. The molecular formula is C7H4ClF3N2O2. The molecule has 0 radical (unpaired) electrons. The number of nitrogens with zero attached hydrogens (tertiary/aromatic N) is 1. The van der Waals surface area contributed by atoms with Crippen molar-refractivity contribution < 1.29 is 18.1 Å². The SMILES string of the molecule is Nc1cc(Cl)c([N+](=O)[O-])c(C(F)(F)F)c1. The van der Waals surface area contributed by atoms with Crippen molar-refractivity contribution >= 4 is 23.0 Å². The van der Waals surface area contributed by atoms with Gasteiger partial charge in [0.15, 0.2) is 0 Å². The number of hydrogen-bond donors (Lipinski definition) is 1. The van der Waals surface area contributed by atoms with Gasteiger partial charge in [-0.2, -0.15) is 13.2 Å². The topological polar surface area (TPSA) is 69.2 Å². The smallest absolute Gasteiger partial charge is 0.399 e. The first-order valence-electron chi connectivity index (χ1n) is 3.54. The Morgan fingerprint density at radius 1 is 1.40 bits per heavy atom. The molecule has 8 heteroatoms. The monoisotopic (exact) mass is 240 g/mol. The lowest BCUT2D eigenvalue weighted by atomic mass is 10.1. The van der Waals surface area contributed by atoms with E-state index in [-0.39, 0.29) is 5.69 Å². The summed E-state index contributed by atoms with van der Waals surface area (Å²) in [5.41, 5.74) is 2.21. The van der Waals surface area contributed by atoms with Gasteiger partial charge in [-0.15, -0.1) is 0 Å². The molecule has 0 unspecified atom stereocenters. The minimum Gasteiger partial charge on any atom is -0.399 e. The number of nitro benzene ring substituents is 1. The Hall–Kier alpha value is -1.50. The van der Waals surface area contributed by atoms with Gasteiger partial charge in [0.2, 0.25) is 0 Å². The largest absolute Gasteiger partial charge is 0.423 e. The summed E-state index contributed by atoms with van der Waals surface area (Å²) in [7, 11) is 0. The van der Waals surface area contributed by atoms with Crippen LogP contribution >= 0.6 is 11.6 Å². The molecule has 0 bridgehead atoms. The van der Waals surface area contributed by atoms with Crippen LogP contribution in [0.25, 0.3) is 0 Å². The van der Waals surface area contributed by atoms with Crippen molar-refractivity contribution in [1.82, 2.24) is 0 Å². The van der Waals surface area contributed by atoms with E-state index < -0.39 is 27.4 Å². The molecule has 0 saturated carbocycles. The van der Waals surface area contributed by atoms with Gasteiger partial charge in [-0.1, -0.05) is 11.6 Å². The lowest BCUT2D eigenvalue weighted by Gasteiger charge is -2.09. The van der Waals surface area contributed by atoms with Crippen LogP contribution in [0.3, 0.4) is 0 Å². The molecule has 0 fully saturated rings. The van der Waals surface area contributed by atoms with Gasteiger partial charge < -0.3 is 5.73 Å². The third-order valence-corrected chi connectivity index (χ3v) is 1.86. The maximum Gasteiger partial charge on any atom is 0.423 e. The molecule has 0 aromatic heterocycles. The van der Waals surface area contributed by atoms with E-state index in [1.165, 1.54) is 0 Å². The molecule has 1 aromatic rings. The first-order chi connectivity index (χ1) is 6.73. The molecule has 82 valence electrons. The Kier molecular flexibility index (Phi) is 2.76. The van der Waals surface area contributed by atoms with Crippen LogP contribution in [-0.2, 0) is 6.18 Å². The third kappa shape index (κ3) is 2.30. The summed E-state index contributed by atoms with van der Waals surface area (Å²) in [6.45, 7) is 0. The first-order valence-corrected chi connectivity index (χ1v) is 3.92. The fourth-order valence-corrected chi connectivity index (χ4v) is 1.32. The highest BCUT2D eigenvalue weighted by atomic mass is 35.5. The van der Waals surface area contributed by atoms with Gasteiger partial charge in [0.25, 0.3) is 5.69 Å². The van der Waals surface area contributed by atoms with Crippen LogP contribution < -0.4 is 5.73 Å². The summed E-state index contributed by atoms with van der Waals surface area (Å²) in [5, 5.41) is 9.75. The highest BCUT2D eigenvalue weighted by molar-refractivity contribution is 6.33. The molecule has 4 nitrogen and oxygen atoms in total. The number of alkyl halides is 3. The number of nitrogen functional groups attached to an aromatic ring is 1. The Labute approximate surface area is 86.6 Å². The zero-order valence-corrected chi connectivity index (χ0v) is 7.76. The van der Waals surface area contributed by atoms with Gasteiger partial charge in [0.05, 0.1) is 4.92 Å².